The van der Waals surface area contributed by atoms with E-state index in [1.54, 1.807) is 36.4 Å². The van der Waals surface area contributed by atoms with E-state index in [0.717, 1.165) is 0 Å². The van der Waals surface area contributed by atoms with Crippen LogP contribution in [0.15, 0.2) is 145 Å². The highest BCUT2D eigenvalue weighted by Gasteiger charge is 2.38. The van der Waals surface area contributed by atoms with Crippen molar-refractivity contribution in [2.45, 2.75) is 0 Å². The summed E-state index contributed by atoms with van der Waals surface area (Å²) in [6, 6.07) is 1.14. The summed E-state index contributed by atoms with van der Waals surface area (Å²) in [6.07, 6.45) is 0. The van der Waals surface area contributed by atoms with Gasteiger partial charge in [0, 0.05) is 0 Å². The van der Waals surface area contributed by atoms with Crippen molar-refractivity contribution in [2.75, 3.05) is 0 Å². The number of hydrogen-bond donors (Lipinski definition) is 0. The van der Waals surface area contributed by atoms with E-state index in [2.05, 4.69) is 0 Å². The summed E-state index contributed by atoms with van der Waals surface area (Å²) < 4.78 is 158. The van der Waals surface area contributed by atoms with Crippen molar-refractivity contribution in [1.29, 1.82) is 0 Å². The highest BCUT2D eigenvalue weighted by Crippen LogP contribution is 2.40. The van der Waals surface area contributed by atoms with Gasteiger partial charge in [-0.3, -0.25) is 0 Å². The average Bonchev–Trinajstić information content (AvgIpc) is 3.75. The Morgan fingerprint density at radius 2 is 0.810 bits per heavy atom. The zero-order chi connectivity index (χ0) is 43.0. The Labute approximate surface area is 271 Å². The van der Waals surface area contributed by atoms with Gasteiger partial charge in [-0.15, -0.1) is 0 Å². The van der Waals surface area contributed by atoms with Gasteiger partial charge in [-0.05, 0) is 66.7 Å². The van der Waals surface area contributed by atoms with E-state index in [-0.39, 0.29) is 45.1 Å². The second kappa shape index (κ2) is 8.24. The summed E-state index contributed by atoms with van der Waals surface area (Å²) >= 11 is 0. The number of rotatable bonds is 2. The van der Waals surface area contributed by atoms with Gasteiger partial charge in [0.15, 0.2) is 0 Å². The molecule has 2 aliphatic rings. The van der Waals surface area contributed by atoms with Crippen molar-refractivity contribution in [3.63, 3.8) is 0 Å². The zero-order valence-electron chi connectivity index (χ0n) is 39.6. The summed E-state index contributed by atoms with van der Waals surface area (Å²) in [5.41, 5.74) is 1.63. The van der Waals surface area contributed by atoms with Crippen molar-refractivity contribution in [3.05, 3.63) is 145 Å². The van der Waals surface area contributed by atoms with Crippen LogP contribution in [-0.2, 0) is 0 Å². The van der Waals surface area contributed by atoms with Crippen LogP contribution in [0.25, 0.3) is 54.6 Å². The normalized spacial score (nSPS) is 19.1. The number of hydrogen-bond acceptors (Lipinski definition) is 0. The molecule has 0 nitrogen and oxygen atoms in total. The fourth-order valence-corrected chi connectivity index (χ4v) is 7.21. The molecule has 2 heterocycles. The van der Waals surface area contributed by atoms with Crippen LogP contribution in [0.4, 0.5) is 0 Å². The summed E-state index contributed by atoms with van der Waals surface area (Å²) in [6.45, 7) is -2.49. The first-order chi connectivity index (χ1) is 28.3. The smallest absolute Gasteiger partial charge is 0.0686 e. The van der Waals surface area contributed by atoms with Gasteiger partial charge in [0.2, 0.25) is 13.4 Å². The maximum Gasteiger partial charge on any atom is 0.243 e. The molecule has 2 heteroatoms. The number of fused-ring (bicyclic) bond motifs is 8. The van der Waals surface area contributed by atoms with E-state index in [9.17, 15) is 0 Å². The lowest BCUT2D eigenvalue weighted by molar-refractivity contribution is 1.73. The molecule has 0 aromatic heterocycles. The molecule has 0 N–H and O–H groups in total. The Kier molecular flexibility index (Phi) is 2.29. The molecule has 10 rings (SSSR count). The molecule has 0 saturated heterocycles. The summed E-state index contributed by atoms with van der Waals surface area (Å²) in [7, 11) is 0. The predicted molar refractivity (Wildman–Crippen MR) is 183 cm³/mol. The molecule has 0 amide bonds. The second-order valence-corrected chi connectivity index (χ2v) is 10.6. The fourth-order valence-electron chi connectivity index (χ4n) is 7.21. The van der Waals surface area contributed by atoms with Gasteiger partial charge in [-0.1, -0.05) is 166 Å². The molecule has 0 unspecified atom stereocenters. The fraction of sp³-hybridized carbons (Fsp3) is 0. The predicted octanol–water partition coefficient (Wildman–Crippen LogP) is 5.58. The third kappa shape index (κ3) is 2.84. The first kappa shape index (κ1) is 11.7. The molecule has 0 spiro atoms. The van der Waals surface area contributed by atoms with Gasteiger partial charge in [0.1, 0.15) is 0 Å². The lowest BCUT2D eigenvalue weighted by atomic mass is 9.38. The average molecular weight is 544 g/mol. The highest BCUT2D eigenvalue weighted by molar-refractivity contribution is 7.01. The first-order valence-corrected chi connectivity index (χ1v) is 13.5. The standard InChI is InChI=1S/C40H24B2/c1-3-11-27(12-4-1)41-35-17-9-7-15-29(35)33-23-25-20-22-32-38-26(19-21-31(37(25)38)39(33)41)24-34-30-16-8-10-18-36(30)42(40(32)34)28-13-5-2-6-14-28/h1-24H/i1D,2D,3D,4D,5D,6D,7D,8D,9D,10D,11D,12D,13D,14D,15D,16D,17D,18D. The second-order valence-electron chi connectivity index (χ2n) is 10.6. The molecule has 2 aliphatic heterocycles. The van der Waals surface area contributed by atoms with Crippen molar-refractivity contribution < 1.29 is 24.7 Å². The maximum atomic E-state index is 9.12. The Bertz CT molecular complexity index is 3100. The SMILES string of the molecule is [2H]c1c([2H])c([2H])c(B2c3c([2H])c([2H])c([2H])c([2H])c3-c3cc4ccc5c6c(cc7ccc(c32)c4c75)-c2c([2H])c([2H])c([2H])c([2H])c2B6c2c([2H])c([2H])c([2H])c([2H])c2[2H])c([2H])c1[2H]. The van der Waals surface area contributed by atoms with E-state index in [0.29, 0.717) is 54.4 Å². The van der Waals surface area contributed by atoms with Crippen molar-refractivity contribution in [3.8, 4) is 22.3 Å². The van der Waals surface area contributed by atoms with Gasteiger partial charge < -0.3 is 0 Å². The van der Waals surface area contributed by atoms with E-state index in [1.165, 1.54) is 0 Å². The van der Waals surface area contributed by atoms with Gasteiger partial charge >= 0.3 is 0 Å². The molecule has 0 saturated carbocycles. The van der Waals surface area contributed by atoms with Crippen molar-refractivity contribution in [1.82, 2.24) is 0 Å². The Morgan fingerprint density at radius 1 is 0.405 bits per heavy atom. The largest absolute Gasteiger partial charge is 0.243 e. The van der Waals surface area contributed by atoms with Crippen LogP contribution < -0.4 is 32.8 Å². The van der Waals surface area contributed by atoms with Crippen LogP contribution in [0.2, 0.25) is 0 Å². The lowest BCUT2D eigenvalue weighted by Gasteiger charge is -2.20. The van der Waals surface area contributed by atoms with E-state index >= 15 is 0 Å². The monoisotopic (exact) mass is 544 g/mol. The third-order valence-electron chi connectivity index (χ3n) is 8.73. The van der Waals surface area contributed by atoms with Crippen LogP contribution in [-0.4, -0.2) is 13.4 Å². The van der Waals surface area contributed by atoms with E-state index < -0.39 is 110 Å². The summed E-state index contributed by atoms with van der Waals surface area (Å²) in [5, 5.41) is 3.43. The molecule has 0 atom stereocenters. The molecule has 190 valence electrons. The summed E-state index contributed by atoms with van der Waals surface area (Å²) in [5.74, 6) is 0. The molecule has 8 aromatic rings. The minimum Gasteiger partial charge on any atom is -0.0686 e. The molecular weight excluding hydrogens is 502 g/mol. The third-order valence-corrected chi connectivity index (χ3v) is 8.73. The van der Waals surface area contributed by atoms with Gasteiger partial charge in [-0.25, -0.2) is 0 Å². The van der Waals surface area contributed by atoms with Crippen LogP contribution in [0.1, 0.15) is 24.7 Å². The quantitative estimate of drug-likeness (QED) is 0.197. The van der Waals surface area contributed by atoms with Crippen LogP contribution in [0.5, 0.6) is 0 Å². The molecular formula is C40H24B2. The summed E-state index contributed by atoms with van der Waals surface area (Å²) in [4.78, 5) is 0. The molecule has 0 fully saturated rings. The Balaban J connectivity index is 1.39. The lowest BCUT2D eigenvalue weighted by Crippen LogP contribution is -2.49. The topological polar surface area (TPSA) is 0 Å². The molecule has 0 bridgehead atoms. The van der Waals surface area contributed by atoms with Crippen LogP contribution >= 0.6 is 0 Å². The molecule has 0 radical (unpaired) electrons. The molecule has 0 aliphatic carbocycles. The molecule has 8 aromatic carbocycles. The Morgan fingerprint density at radius 3 is 1.26 bits per heavy atom. The van der Waals surface area contributed by atoms with E-state index in [4.69, 9.17) is 24.7 Å². The zero-order valence-corrected chi connectivity index (χ0v) is 21.6. The molecule has 42 heavy (non-hydrogen) atoms. The van der Waals surface area contributed by atoms with Crippen LogP contribution in [0.3, 0.4) is 0 Å². The Hall–Kier alpha value is -5.07. The minimum absolute atomic E-state index is 0.0607. The minimum atomic E-state index is -1.24. The number of benzene rings is 8. The highest BCUT2D eigenvalue weighted by atomic mass is 14.3. The van der Waals surface area contributed by atoms with E-state index in [1.807, 2.05) is 0 Å². The van der Waals surface area contributed by atoms with Gasteiger partial charge in [-0.2, -0.15) is 0 Å². The maximum absolute atomic E-state index is 9.12. The van der Waals surface area contributed by atoms with Gasteiger partial charge in [0.05, 0.1) is 24.7 Å². The van der Waals surface area contributed by atoms with Gasteiger partial charge in [0.25, 0.3) is 0 Å². The first-order valence-electron chi connectivity index (χ1n) is 22.5. The van der Waals surface area contributed by atoms with Crippen molar-refractivity contribution >= 4 is 78.5 Å². The van der Waals surface area contributed by atoms with Crippen molar-refractivity contribution in [2.24, 2.45) is 0 Å². The van der Waals surface area contributed by atoms with Crippen LogP contribution in [0, 0.1) is 0 Å².